The van der Waals surface area contributed by atoms with Gasteiger partial charge in [0.25, 0.3) is 5.56 Å². The number of hydrogen-bond acceptors (Lipinski definition) is 7. The maximum Gasteiger partial charge on any atom is 0.332 e. The van der Waals surface area contributed by atoms with Gasteiger partial charge in [-0.1, -0.05) is 12.1 Å². The van der Waals surface area contributed by atoms with E-state index < -0.39 is 11.2 Å². The summed E-state index contributed by atoms with van der Waals surface area (Å²) >= 11 is 2.97. The van der Waals surface area contributed by atoms with Gasteiger partial charge in [0.15, 0.2) is 11.2 Å². The van der Waals surface area contributed by atoms with Crippen LogP contribution in [0.5, 0.6) is 0 Å². The fraction of sp³-hybridized carbons (Fsp3) is 0.150. The second-order valence-electron chi connectivity index (χ2n) is 6.95. The summed E-state index contributed by atoms with van der Waals surface area (Å²) in [5.74, 6) is -0.306. The van der Waals surface area contributed by atoms with E-state index in [1.165, 1.54) is 40.9 Å². The van der Waals surface area contributed by atoms with Crippen molar-refractivity contribution in [3.05, 3.63) is 62.9 Å². The average molecular weight is 453 g/mol. The van der Waals surface area contributed by atoms with Crippen molar-refractivity contribution in [2.24, 2.45) is 14.1 Å². The number of aromatic nitrogens is 5. The van der Waals surface area contributed by atoms with Gasteiger partial charge in [-0.2, -0.15) is 0 Å². The van der Waals surface area contributed by atoms with E-state index >= 15 is 0 Å². The molecule has 0 aliphatic carbocycles. The standard InChI is InChI=1S/C20H16N6O3S2/c1-24-16-15(19(28)25(2)20(24)29)26(10-21-16)9-14(27)23-17-11(7-8-30-17)18-22-12-5-3-4-6-13(12)31-18/h3-8,10H,9H2,1-2H3,(H,23,27). The molecule has 4 aromatic heterocycles. The fourth-order valence-corrected chi connectivity index (χ4v) is 5.27. The molecule has 0 fully saturated rings. The van der Waals surface area contributed by atoms with Gasteiger partial charge in [0.05, 0.1) is 16.5 Å². The van der Waals surface area contributed by atoms with E-state index in [0.717, 1.165) is 25.4 Å². The Morgan fingerprint density at radius 3 is 2.74 bits per heavy atom. The normalized spacial score (nSPS) is 11.4. The summed E-state index contributed by atoms with van der Waals surface area (Å²) in [5.41, 5.74) is 1.26. The Hall–Kier alpha value is -3.57. The Bertz CT molecular complexity index is 1550. The van der Waals surface area contributed by atoms with Crippen molar-refractivity contribution < 1.29 is 4.79 Å². The van der Waals surface area contributed by atoms with Crippen molar-refractivity contribution in [1.82, 2.24) is 23.7 Å². The molecule has 9 nitrogen and oxygen atoms in total. The molecule has 1 amide bonds. The highest BCUT2D eigenvalue weighted by molar-refractivity contribution is 7.22. The van der Waals surface area contributed by atoms with Crippen molar-refractivity contribution in [1.29, 1.82) is 0 Å². The molecule has 0 aliphatic heterocycles. The van der Waals surface area contributed by atoms with Crippen LogP contribution in [0.3, 0.4) is 0 Å². The van der Waals surface area contributed by atoms with Crippen LogP contribution in [0.1, 0.15) is 0 Å². The van der Waals surface area contributed by atoms with E-state index in [2.05, 4.69) is 15.3 Å². The van der Waals surface area contributed by atoms with Crippen LogP contribution in [0.25, 0.3) is 32.0 Å². The first-order chi connectivity index (χ1) is 14.9. The summed E-state index contributed by atoms with van der Waals surface area (Å²) in [6.45, 7) is -0.110. The van der Waals surface area contributed by atoms with Crippen LogP contribution in [-0.2, 0) is 25.4 Å². The highest BCUT2D eigenvalue weighted by Gasteiger charge is 2.18. The highest BCUT2D eigenvalue weighted by Crippen LogP contribution is 2.37. The zero-order valence-corrected chi connectivity index (χ0v) is 18.2. The van der Waals surface area contributed by atoms with Crippen LogP contribution in [0.15, 0.2) is 51.6 Å². The van der Waals surface area contributed by atoms with E-state index in [0.29, 0.717) is 5.00 Å². The minimum Gasteiger partial charge on any atom is -0.316 e. The van der Waals surface area contributed by atoms with E-state index in [4.69, 9.17) is 0 Å². The largest absolute Gasteiger partial charge is 0.332 e. The van der Waals surface area contributed by atoms with Gasteiger partial charge in [0.1, 0.15) is 16.6 Å². The molecule has 5 aromatic rings. The Morgan fingerprint density at radius 2 is 1.94 bits per heavy atom. The van der Waals surface area contributed by atoms with Gasteiger partial charge in [-0.3, -0.25) is 18.7 Å². The number of aryl methyl sites for hydroxylation is 1. The number of hydrogen-bond donors (Lipinski definition) is 1. The average Bonchev–Trinajstić information content (AvgIpc) is 3.48. The lowest BCUT2D eigenvalue weighted by Crippen LogP contribution is -2.37. The van der Waals surface area contributed by atoms with Gasteiger partial charge in [-0.05, 0) is 23.6 Å². The van der Waals surface area contributed by atoms with Gasteiger partial charge < -0.3 is 9.88 Å². The second-order valence-corrected chi connectivity index (χ2v) is 8.90. The molecule has 156 valence electrons. The predicted octanol–water partition coefficient (Wildman–Crippen LogP) is 2.41. The molecule has 1 aromatic carbocycles. The number of carbonyl (C=O) groups excluding carboxylic acids is 1. The van der Waals surface area contributed by atoms with Crippen LogP contribution >= 0.6 is 22.7 Å². The molecule has 0 radical (unpaired) electrons. The van der Waals surface area contributed by atoms with Gasteiger partial charge in [-0.15, -0.1) is 22.7 Å². The smallest absolute Gasteiger partial charge is 0.316 e. The summed E-state index contributed by atoms with van der Waals surface area (Å²) < 4.78 is 4.82. The number of thiophene rings is 1. The molecule has 0 saturated carbocycles. The van der Waals surface area contributed by atoms with Gasteiger partial charge in [-0.25, -0.2) is 14.8 Å². The van der Waals surface area contributed by atoms with Crippen LogP contribution < -0.4 is 16.6 Å². The lowest BCUT2D eigenvalue weighted by molar-refractivity contribution is -0.116. The first-order valence-electron chi connectivity index (χ1n) is 9.28. The number of imidazole rings is 1. The third kappa shape index (κ3) is 3.18. The fourth-order valence-electron chi connectivity index (χ4n) is 3.40. The quantitative estimate of drug-likeness (QED) is 0.451. The highest BCUT2D eigenvalue weighted by atomic mass is 32.1. The van der Waals surface area contributed by atoms with Crippen molar-refractivity contribution in [2.45, 2.75) is 6.54 Å². The van der Waals surface area contributed by atoms with Gasteiger partial charge in [0, 0.05) is 19.7 Å². The van der Waals surface area contributed by atoms with Gasteiger partial charge in [0.2, 0.25) is 5.91 Å². The number of rotatable bonds is 4. The molecule has 0 atom stereocenters. The summed E-state index contributed by atoms with van der Waals surface area (Å²) in [6, 6.07) is 9.81. The summed E-state index contributed by atoms with van der Waals surface area (Å²) in [6.07, 6.45) is 1.40. The van der Waals surface area contributed by atoms with Crippen LogP contribution in [-0.4, -0.2) is 29.6 Å². The number of thiazole rings is 1. The second kappa shape index (κ2) is 7.29. The number of carbonyl (C=O) groups is 1. The van der Waals surface area contributed by atoms with Crippen molar-refractivity contribution in [3.8, 4) is 10.6 Å². The van der Waals surface area contributed by atoms with Crippen molar-refractivity contribution in [2.75, 3.05) is 5.32 Å². The first-order valence-corrected chi connectivity index (χ1v) is 11.0. The van der Waals surface area contributed by atoms with Crippen molar-refractivity contribution >= 4 is 55.0 Å². The van der Waals surface area contributed by atoms with Crippen LogP contribution in [0.2, 0.25) is 0 Å². The number of nitrogens with zero attached hydrogens (tertiary/aromatic N) is 5. The molecule has 1 N–H and O–H groups in total. The maximum absolute atomic E-state index is 12.8. The molecule has 4 heterocycles. The number of nitrogens with one attached hydrogen (secondary N) is 1. The molecule has 0 saturated heterocycles. The SMILES string of the molecule is Cn1c(=O)c2c(ncn2CC(=O)Nc2sccc2-c2nc3ccccc3s2)n(C)c1=O. The van der Waals surface area contributed by atoms with Gasteiger partial charge >= 0.3 is 5.69 Å². The number of amides is 1. The predicted molar refractivity (Wildman–Crippen MR) is 122 cm³/mol. The molecule has 0 aliphatic rings. The monoisotopic (exact) mass is 452 g/mol. The molecule has 0 spiro atoms. The minimum absolute atomic E-state index is 0.110. The Morgan fingerprint density at radius 1 is 1.13 bits per heavy atom. The molecule has 11 heteroatoms. The van der Waals surface area contributed by atoms with E-state index in [1.54, 1.807) is 11.3 Å². The van der Waals surface area contributed by atoms with Crippen LogP contribution in [0.4, 0.5) is 5.00 Å². The Labute approximate surface area is 182 Å². The van der Waals surface area contributed by atoms with E-state index in [-0.39, 0.29) is 23.6 Å². The van der Waals surface area contributed by atoms with Crippen molar-refractivity contribution in [3.63, 3.8) is 0 Å². The maximum atomic E-state index is 12.8. The molecule has 31 heavy (non-hydrogen) atoms. The first kappa shape index (κ1) is 19.4. The summed E-state index contributed by atoms with van der Waals surface area (Å²) in [5, 5.41) is 6.33. The third-order valence-corrected chi connectivity index (χ3v) is 6.87. The lowest BCUT2D eigenvalue weighted by Gasteiger charge is -2.08. The number of fused-ring (bicyclic) bond motifs is 2. The molecule has 0 unspecified atom stereocenters. The number of benzene rings is 1. The van der Waals surface area contributed by atoms with E-state index in [9.17, 15) is 14.4 Å². The zero-order chi connectivity index (χ0) is 21.7. The molecular weight excluding hydrogens is 436 g/mol. The minimum atomic E-state index is -0.491. The summed E-state index contributed by atoms with van der Waals surface area (Å²) in [4.78, 5) is 46.2. The molecular formula is C20H16N6O3S2. The van der Waals surface area contributed by atoms with E-state index in [1.807, 2.05) is 35.7 Å². The van der Waals surface area contributed by atoms with Crippen LogP contribution in [0, 0.1) is 0 Å². The zero-order valence-electron chi connectivity index (χ0n) is 16.5. The molecule has 5 rings (SSSR count). The third-order valence-electron chi connectivity index (χ3n) is 4.97. The molecule has 0 bridgehead atoms. The number of para-hydroxylation sites is 1. The Balaban J connectivity index is 1.45. The number of anilines is 1. The summed E-state index contributed by atoms with van der Waals surface area (Å²) in [7, 11) is 2.94. The topological polar surface area (TPSA) is 104 Å². The Kier molecular flexibility index (Phi) is 4.56. The lowest BCUT2D eigenvalue weighted by atomic mass is 10.3.